The van der Waals surface area contributed by atoms with E-state index < -0.39 is 5.60 Å². The smallest absolute Gasteiger partial charge is 0.257 e. The Morgan fingerprint density at radius 2 is 1.72 bits per heavy atom. The number of rotatable bonds is 2. The van der Waals surface area contributed by atoms with Crippen molar-refractivity contribution in [1.29, 1.82) is 0 Å². The van der Waals surface area contributed by atoms with Crippen LogP contribution >= 0.6 is 0 Å². The molecule has 1 heterocycles. The minimum atomic E-state index is -1.08. The summed E-state index contributed by atoms with van der Waals surface area (Å²) >= 11 is 0. The van der Waals surface area contributed by atoms with Gasteiger partial charge in [0.05, 0.1) is 5.60 Å². The van der Waals surface area contributed by atoms with Gasteiger partial charge in [-0.05, 0) is 38.8 Å². The topological polar surface area (TPSA) is 42.2 Å². The molecule has 0 saturated heterocycles. The molecule has 0 radical (unpaired) electrons. The second-order valence-corrected chi connectivity index (χ2v) is 6.85. The van der Waals surface area contributed by atoms with Gasteiger partial charge in [-0.2, -0.15) is 0 Å². The van der Waals surface area contributed by atoms with Crippen LogP contribution in [0.15, 0.2) is 16.9 Å². The Labute approximate surface area is 108 Å². The maximum atomic E-state index is 12.6. The van der Waals surface area contributed by atoms with Crippen LogP contribution in [0.1, 0.15) is 64.8 Å². The first-order valence-corrected chi connectivity index (χ1v) is 6.61. The minimum Gasteiger partial charge on any atom is -0.386 e. The Balaban J connectivity index is 2.67. The molecule has 0 bridgehead atoms. The summed E-state index contributed by atoms with van der Waals surface area (Å²) in [5.74, 6) is 0. The van der Waals surface area contributed by atoms with E-state index in [1.165, 1.54) is 0 Å². The molecule has 0 unspecified atom stereocenters. The Morgan fingerprint density at radius 1 is 1.17 bits per heavy atom. The van der Waals surface area contributed by atoms with Gasteiger partial charge in [0, 0.05) is 22.7 Å². The predicted octanol–water partition coefficient (Wildman–Crippen LogP) is 2.71. The molecule has 3 nitrogen and oxygen atoms in total. The molecular weight excluding hydrogens is 226 g/mol. The van der Waals surface area contributed by atoms with E-state index in [2.05, 4.69) is 20.8 Å². The quantitative estimate of drug-likeness (QED) is 0.875. The van der Waals surface area contributed by atoms with Gasteiger partial charge in [0.2, 0.25) is 0 Å². The number of nitrogens with zero attached hydrogens (tertiary/aromatic N) is 1. The van der Waals surface area contributed by atoms with E-state index in [-0.39, 0.29) is 11.0 Å². The summed E-state index contributed by atoms with van der Waals surface area (Å²) in [5.41, 5.74) is 0.382. The average Bonchev–Trinajstić information content (AvgIpc) is 2.96. The number of pyridine rings is 1. The van der Waals surface area contributed by atoms with Gasteiger partial charge in [-0.25, -0.2) is 0 Å². The Hall–Kier alpha value is -1.09. The van der Waals surface area contributed by atoms with Crippen molar-refractivity contribution in [3.05, 3.63) is 33.7 Å². The van der Waals surface area contributed by atoms with Crippen LogP contribution in [0.4, 0.5) is 0 Å². The molecule has 1 fully saturated rings. The number of aromatic nitrogens is 1. The van der Waals surface area contributed by atoms with Crippen LogP contribution in [0, 0.1) is 0 Å². The van der Waals surface area contributed by atoms with E-state index in [9.17, 15) is 9.90 Å². The molecule has 18 heavy (non-hydrogen) atoms. The normalized spacial score (nSPS) is 17.0. The van der Waals surface area contributed by atoms with Crippen molar-refractivity contribution in [2.24, 2.45) is 0 Å². The summed E-state index contributed by atoms with van der Waals surface area (Å²) in [5, 5.41) is 10.1. The lowest BCUT2D eigenvalue weighted by molar-refractivity contribution is 0.0763. The molecule has 100 valence electrons. The van der Waals surface area contributed by atoms with Crippen LogP contribution < -0.4 is 5.56 Å². The lowest BCUT2D eigenvalue weighted by Gasteiger charge is -2.27. The fourth-order valence-corrected chi connectivity index (χ4v) is 2.33. The van der Waals surface area contributed by atoms with Gasteiger partial charge in [0.15, 0.2) is 0 Å². The monoisotopic (exact) mass is 249 g/mol. The summed E-state index contributed by atoms with van der Waals surface area (Å²) in [4.78, 5) is 12.6. The fraction of sp³-hybridized carbons (Fsp3) is 0.667. The van der Waals surface area contributed by atoms with Crippen molar-refractivity contribution in [3.8, 4) is 0 Å². The fourth-order valence-electron chi connectivity index (χ4n) is 2.33. The molecule has 1 N–H and O–H groups in total. The summed E-state index contributed by atoms with van der Waals surface area (Å²) in [7, 11) is 0. The van der Waals surface area contributed by atoms with Crippen molar-refractivity contribution >= 4 is 0 Å². The first-order valence-electron chi connectivity index (χ1n) is 6.61. The number of aliphatic hydroxyl groups is 1. The van der Waals surface area contributed by atoms with E-state index in [1.54, 1.807) is 19.9 Å². The molecule has 1 aromatic heterocycles. The standard InChI is InChI=1S/C15H23NO2/c1-14(2,3)12-9-8-11(15(4,5)18)13(17)16(12)10-6-7-10/h8-10,18H,6-7H2,1-5H3. The second kappa shape index (κ2) is 3.95. The predicted molar refractivity (Wildman–Crippen MR) is 72.9 cm³/mol. The van der Waals surface area contributed by atoms with Crippen LogP contribution in [-0.4, -0.2) is 9.67 Å². The van der Waals surface area contributed by atoms with Crippen molar-refractivity contribution in [2.45, 2.75) is 64.5 Å². The molecular formula is C15H23NO2. The third kappa shape index (κ3) is 2.37. The lowest BCUT2D eigenvalue weighted by atomic mass is 9.89. The van der Waals surface area contributed by atoms with E-state index in [1.807, 2.05) is 10.6 Å². The highest BCUT2D eigenvalue weighted by Crippen LogP contribution is 2.37. The van der Waals surface area contributed by atoms with Crippen LogP contribution in [-0.2, 0) is 11.0 Å². The molecule has 0 aliphatic heterocycles. The maximum absolute atomic E-state index is 12.6. The molecule has 1 aliphatic rings. The van der Waals surface area contributed by atoms with Crippen molar-refractivity contribution < 1.29 is 5.11 Å². The largest absolute Gasteiger partial charge is 0.386 e. The van der Waals surface area contributed by atoms with Gasteiger partial charge < -0.3 is 9.67 Å². The molecule has 1 aromatic rings. The third-order valence-electron chi connectivity index (χ3n) is 3.46. The Bertz CT molecular complexity index is 511. The Kier molecular flexibility index (Phi) is 2.93. The first kappa shape index (κ1) is 13.3. The zero-order valence-electron chi connectivity index (χ0n) is 11.9. The first-order chi connectivity index (χ1) is 8.12. The van der Waals surface area contributed by atoms with E-state index in [4.69, 9.17) is 0 Å². The Morgan fingerprint density at radius 3 is 2.11 bits per heavy atom. The zero-order chi connectivity index (χ0) is 13.7. The molecule has 0 amide bonds. The lowest BCUT2D eigenvalue weighted by Crippen LogP contribution is -2.35. The molecule has 0 aromatic carbocycles. The van der Waals surface area contributed by atoms with Gasteiger partial charge in [-0.3, -0.25) is 4.79 Å². The summed E-state index contributed by atoms with van der Waals surface area (Å²) in [6, 6.07) is 4.10. The summed E-state index contributed by atoms with van der Waals surface area (Å²) in [6.45, 7) is 9.68. The average molecular weight is 249 g/mol. The van der Waals surface area contributed by atoms with Gasteiger partial charge in [0.1, 0.15) is 0 Å². The molecule has 1 saturated carbocycles. The molecule has 3 heteroatoms. The van der Waals surface area contributed by atoms with E-state index >= 15 is 0 Å². The van der Waals surface area contributed by atoms with Crippen LogP contribution in [0.25, 0.3) is 0 Å². The summed E-state index contributed by atoms with van der Waals surface area (Å²) < 4.78 is 1.90. The number of hydrogen-bond acceptors (Lipinski definition) is 2. The van der Waals surface area contributed by atoms with Gasteiger partial charge >= 0.3 is 0 Å². The van der Waals surface area contributed by atoms with Crippen LogP contribution in [0.2, 0.25) is 0 Å². The van der Waals surface area contributed by atoms with E-state index in [0.29, 0.717) is 11.6 Å². The van der Waals surface area contributed by atoms with Gasteiger partial charge in [0.25, 0.3) is 5.56 Å². The van der Waals surface area contributed by atoms with Crippen molar-refractivity contribution in [3.63, 3.8) is 0 Å². The molecule has 0 spiro atoms. The summed E-state index contributed by atoms with van der Waals surface area (Å²) in [6.07, 6.45) is 2.14. The second-order valence-electron chi connectivity index (χ2n) is 6.85. The zero-order valence-corrected chi connectivity index (χ0v) is 11.9. The third-order valence-corrected chi connectivity index (χ3v) is 3.46. The highest BCUT2D eigenvalue weighted by molar-refractivity contribution is 5.26. The maximum Gasteiger partial charge on any atom is 0.257 e. The number of hydrogen-bond donors (Lipinski definition) is 1. The van der Waals surface area contributed by atoms with E-state index in [0.717, 1.165) is 18.5 Å². The van der Waals surface area contributed by atoms with Crippen LogP contribution in [0.5, 0.6) is 0 Å². The molecule has 1 aliphatic carbocycles. The van der Waals surface area contributed by atoms with Crippen molar-refractivity contribution in [1.82, 2.24) is 4.57 Å². The van der Waals surface area contributed by atoms with Gasteiger partial charge in [-0.15, -0.1) is 0 Å². The van der Waals surface area contributed by atoms with Gasteiger partial charge in [-0.1, -0.05) is 20.8 Å². The van der Waals surface area contributed by atoms with Crippen LogP contribution in [0.3, 0.4) is 0 Å². The molecule has 0 atom stereocenters. The van der Waals surface area contributed by atoms with Crippen molar-refractivity contribution in [2.75, 3.05) is 0 Å². The highest BCUT2D eigenvalue weighted by atomic mass is 16.3. The minimum absolute atomic E-state index is 0.0302. The highest BCUT2D eigenvalue weighted by Gasteiger charge is 2.33. The SMILES string of the molecule is CC(C)(C)c1ccc(C(C)(C)O)c(=O)n1C1CC1. The molecule has 2 rings (SSSR count).